The Balaban J connectivity index is 2.60. The third-order valence-corrected chi connectivity index (χ3v) is 3.07. The van der Waals surface area contributed by atoms with Crippen LogP contribution in [0, 0.1) is 0 Å². The second kappa shape index (κ2) is 4.53. The minimum absolute atomic E-state index is 0.131. The van der Waals surface area contributed by atoms with Gasteiger partial charge in [0.25, 0.3) is 0 Å². The Morgan fingerprint density at radius 1 is 1.42 bits per heavy atom. The monoisotopic (exact) mass is 262 g/mol. The molecule has 1 aliphatic heterocycles. The summed E-state index contributed by atoms with van der Waals surface area (Å²) >= 11 is 0. The van der Waals surface area contributed by atoms with Crippen LogP contribution >= 0.6 is 0 Å². The molecule has 1 aliphatic rings. The lowest BCUT2D eigenvalue weighted by atomic mass is 9.97. The van der Waals surface area contributed by atoms with Gasteiger partial charge in [0.2, 0.25) is 0 Å². The number of fused-ring (bicyclic) bond motifs is 1. The minimum atomic E-state index is -0.420. The highest BCUT2D eigenvalue weighted by molar-refractivity contribution is 6.20. The number of nitrogen functional groups attached to an aromatic ring is 1. The number of ether oxygens (including phenoxy) is 1. The highest BCUT2D eigenvalue weighted by atomic mass is 16.5. The zero-order valence-electron chi connectivity index (χ0n) is 11.6. The molecule has 2 rings (SSSR count). The van der Waals surface area contributed by atoms with E-state index in [4.69, 9.17) is 10.5 Å². The van der Waals surface area contributed by atoms with E-state index >= 15 is 0 Å². The van der Waals surface area contributed by atoms with Crippen molar-refractivity contribution < 1.29 is 9.53 Å². The number of carbonyl (C=O) groups excluding carboxylic acids is 1. The van der Waals surface area contributed by atoms with E-state index in [0.717, 1.165) is 0 Å². The van der Waals surface area contributed by atoms with Crippen LogP contribution in [-0.4, -0.2) is 35.1 Å². The van der Waals surface area contributed by atoms with Gasteiger partial charge in [-0.2, -0.15) is 0 Å². The normalized spacial score (nSPS) is 14.7. The number of anilines is 2. The van der Waals surface area contributed by atoms with Crippen LogP contribution in [0.15, 0.2) is 12.4 Å². The third-order valence-electron chi connectivity index (χ3n) is 3.07. The van der Waals surface area contributed by atoms with Crippen molar-refractivity contribution in [1.82, 2.24) is 9.97 Å². The number of carbonyl (C=O) groups is 1. The van der Waals surface area contributed by atoms with E-state index in [1.165, 1.54) is 13.4 Å². The van der Waals surface area contributed by atoms with Gasteiger partial charge in [0.15, 0.2) is 0 Å². The first-order valence-electron chi connectivity index (χ1n) is 6.03. The maximum absolute atomic E-state index is 11.8. The fourth-order valence-corrected chi connectivity index (χ4v) is 2.11. The minimum Gasteiger partial charge on any atom is -0.465 e. The Morgan fingerprint density at radius 2 is 2.11 bits per heavy atom. The van der Waals surface area contributed by atoms with Crippen molar-refractivity contribution in [1.29, 1.82) is 0 Å². The second-order valence-corrected chi connectivity index (χ2v) is 5.35. The molecule has 0 unspecified atom stereocenters. The Kier molecular flexibility index (Phi) is 3.18. The molecule has 1 aromatic heterocycles. The van der Waals surface area contributed by atoms with Gasteiger partial charge in [-0.1, -0.05) is 0 Å². The van der Waals surface area contributed by atoms with Crippen molar-refractivity contribution in [2.45, 2.75) is 26.3 Å². The molecule has 0 aliphatic carbocycles. The molecule has 0 amide bonds. The van der Waals surface area contributed by atoms with Gasteiger partial charge in [-0.15, -0.1) is 0 Å². The third kappa shape index (κ3) is 2.25. The van der Waals surface area contributed by atoms with Crippen LogP contribution in [0.25, 0.3) is 5.57 Å². The van der Waals surface area contributed by atoms with Gasteiger partial charge in [-0.25, -0.2) is 14.8 Å². The molecule has 6 heteroatoms. The molecule has 2 heterocycles. The van der Waals surface area contributed by atoms with Crippen molar-refractivity contribution >= 4 is 23.2 Å². The van der Waals surface area contributed by atoms with Gasteiger partial charge in [0, 0.05) is 12.1 Å². The number of rotatable bonds is 1. The molecule has 0 saturated heterocycles. The molecular formula is C13H18N4O2. The predicted molar refractivity (Wildman–Crippen MR) is 73.5 cm³/mol. The van der Waals surface area contributed by atoms with Crippen molar-refractivity contribution in [3.05, 3.63) is 18.0 Å². The highest BCUT2D eigenvalue weighted by Gasteiger charge is 2.32. The van der Waals surface area contributed by atoms with E-state index < -0.39 is 5.97 Å². The number of hydrogen-bond donors (Lipinski definition) is 1. The van der Waals surface area contributed by atoms with E-state index in [1.807, 2.05) is 0 Å². The van der Waals surface area contributed by atoms with Crippen molar-refractivity contribution in [2.75, 3.05) is 24.3 Å². The number of nitrogens with two attached hydrogens (primary N) is 1. The van der Waals surface area contributed by atoms with Gasteiger partial charge in [0.1, 0.15) is 18.0 Å². The summed E-state index contributed by atoms with van der Waals surface area (Å²) in [7, 11) is 1.35. The van der Waals surface area contributed by atoms with Crippen molar-refractivity contribution in [2.24, 2.45) is 0 Å². The fraction of sp³-hybridized carbons (Fsp3) is 0.462. The molecule has 0 spiro atoms. The zero-order chi connectivity index (χ0) is 14.2. The number of esters is 1. The van der Waals surface area contributed by atoms with Crippen LogP contribution in [0.3, 0.4) is 0 Å². The molecule has 0 saturated carbocycles. The summed E-state index contributed by atoms with van der Waals surface area (Å²) in [4.78, 5) is 22.1. The van der Waals surface area contributed by atoms with Crippen LogP contribution in [0.2, 0.25) is 0 Å². The molecule has 2 N–H and O–H groups in total. The zero-order valence-corrected chi connectivity index (χ0v) is 11.6. The summed E-state index contributed by atoms with van der Waals surface area (Å²) < 4.78 is 4.79. The summed E-state index contributed by atoms with van der Waals surface area (Å²) in [5.41, 5.74) is 6.75. The Morgan fingerprint density at radius 3 is 2.68 bits per heavy atom. The quantitative estimate of drug-likeness (QED) is 0.767. The van der Waals surface area contributed by atoms with E-state index in [2.05, 4.69) is 35.6 Å². The number of aromatic nitrogens is 2. The summed E-state index contributed by atoms with van der Waals surface area (Å²) in [6, 6.07) is 0. The molecule has 0 aromatic carbocycles. The van der Waals surface area contributed by atoms with Crippen LogP contribution in [-0.2, 0) is 9.53 Å². The van der Waals surface area contributed by atoms with Crippen molar-refractivity contribution in [3.63, 3.8) is 0 Å². The molecular weight excluding hydrogens is 244 g/mol. The van der Waals surface area contributed by atoms with E-state index in [-0.39, 0.29) is 11.4 Å². The van der Waals surface area contributed by atoms with Crippen LogP contribution in [0.1, 0.15) is 26.3 Å². The van der Waals surface area contributed by atoms with Gasteiger partial charge in [-0.05, 0) is 26.8 Å². The lowest BCUT2D eigenvalue weighted by Crippen LogP contribution is -2.44. The Hall–Kier alpha value is -2.11. The standard InChI is InChI=1S/C13H18N4O2/c1-13(2,3)17-6-5-8(12(18)19-4)9-10(14)15-7-16-11(9)17/h5,7H,6H2,1-4H3,(H2,14,15,16). The lowest BCUT2D eigenvalue weighted by Gasteiger charge is -2.39. The Labute approximate surface area is 112 Å². The molecule has 0 fully saturated rings. The number of methoxy groups -OCH3 is 1. The molecule has 102 valence electrons. The van der Waals surface area contributed by atoms with Crippen LogP contribution in [0.5, 0.6) is 0 Å². The predicted octanol–water partition coefficient (Wildman–Crippen LogP) is 1.23. The lowest BCUT2D eigenvalue weighted by molar-refractivity contribution is -0.133. The van der Waals surface area contributed by atoms with Gasteiger partial charge in [-0.3, -0.25) is 0 Å². The topological polar surface area (TPSA) is 81.3 Å². The van der Waals surface area contributed by atoms with E-state index in [1.54, 1.807) is 6.08 Å². The van der Waals surface area contributed by atoms with Gasteiger partial charge < -0.3 is 15.4 Å². The average molecular weight is 262 g/mol. The van der Waals surface area contributed by atoms with E-state index in [0.29, 0.717) is 23.5 Å². The average Bonchev–Trinajstić information content (AvgIpc) is 2.35. The van der Waals surface area contributed by atoms with Gasteiger partial charge in [0.05, 0.1) is 18.2 Å². The molecule has 1 aromatic rings. The first kappa shape index (κ1) is 13.3. The fourth-order valence-electron chi connectivity index (χ4n) is 2.11. The van der Waals surface area contributed by atoms with Crippen LogP contribution < -0.4 is 10.6 Å². The summed E-state index contributed by atoms with van der Waals surface area (Å²) in [5.74, 6) is 0.537. The smallest absolute Gasteiger partial charge is 0.338 e. The maximum Gasteiger partial charge on any atom is 0.338 e. The SMILES string of the molecule is COC(=O)C1=CCN(C(C)(C)C)c2ncnc(N)c21. The molecule has 0 bridgehead atoms. The highest BCUT2D eigenvalue weighted by Crippen LogP contribution is 2.36. The second-order valence-electron chi connectivity index (χ2n) is 5.35. The Bertz CT molecular complexity index is 546. The first-order valence-corrected chi connectivity index (χ1v) is 6.03. The summed E-state index contributed by atoms with van der Waals surface area (Å²) in [6.07, 6.45) is 3.21. The summed E-state index contributed by atoms with van der Waals surface area (Å²) in [6.45, 7) is 6.81. The van der Waals surface area contributed by atoms with Crippen LogP contribution in [0.4, 0.5) is 11.6 Å². The maximum atomic E-state index is 11.8. The first-order chi connectivity index (χ1) is 8.86. The van der Waals surface area contributed by atoms with Gasteiger partial charge >= 0.3 is 5.97 Å². The number of nitrogens with zero attached hydrogens (tertiary/aromatic N) is 3. The number of hydrogen-bond acceptors (Lipinski definition) is 6. The molecule has 19 heavy (non-hydrogen) atoms. The molecule has 0 atom stereocenters. The molecule has 6 nitrogen and oxygen atoms in total. The summed E-state index contributed by atoms with van der Waals surface area (Å²) in [5, 5.41) is 0. The molecule has 0 radical (unpaired) electrons. The van der Waals surface area contributed by atoms with E-state index in [9.17, 15) is 4.79 Å². The van der Waals surface area contributed by atoms with Crippen molar-refractivity contribution in [3.8, 4) is 0 Å². The largest absolute Gasteiger partial charge is 0.465 e.